The summed E-state index contributed by atoms with van der Waals surface area (Å²) >= 11 is 12.0. The van der Waals surface area contributed by atoms with E-state index in [0.717, 1.165) is 11.9 Å². The molecule has 2 atom stereocenters. The van der Waals surface area contributed by atoms with Crippen LogP contribution in [0.3, 0.4) is 0 Å². The van der Waals surface area contributed by atoms with Gasteiger partial charge in [-0.3, -0.25) is 4.79 Å². The fourth-order valence-corrected chi connectivity index (χ4v) is 3.91. The second kappa shape index (κ2) is 11.4. The van der Waals surface area contributed by atoms with Crippen molar-refractivity contribution in [1.82, 2.24) is 9.91 Å². The fourth-order valence-electron chi connectivity index (χ4n) is 3.43. The van der Waals surface area contributed by atoms with E-state index in [4.69, 9.17) is 39.0 Å². The number of allylic oxidation sites excluding steroid dienone is 2. The number of nitriles is 1. The van der Waals surface area contributed by atoms with Crippen LogP contribution in [-0.4, -0.2) is 66.9 Å². The van der Waals surface area contributed by atoms with Crippen LogP contribution in [0.15, 0.2) is 22.9 Å². The Morgan fingerprint density at radius 1 is 1.35 bits per heavy atom. The van der Waals surface area contributed by atoms with Crippen molar-refractivity contribution in [2.24, 2.45) is 11.8 Å². The molecule has 0 aromatic heterocycles. The first-order valence-electron chi connectivity index (χ1n) is 10.2. The highest BCUT2D eigenvalue weighted by molar-refractivity contribution is 6.32. The fraction of sp³-hybridized carbons (Fsp3) is 0.524. The lowest BCUT2D eigenvalue weighted by Gasteiger charge is -2.38. The Bertz CT molecular complexity index is 976. The van der Waals surface area contributed by atoms with Crippen molar-refractivity contribution >= 4 is 34.8 Å². The number of halogens is 5. The van der Waals surface area contributed by atoms with E-state index in [2.05, 4.69) is 0 Å². The maximum Gasteiger partial charge on any atom is 0.396 e. The molecule has 3 N–H and O–H groups in total. The minimum Gasteiger partial charge on any atom is -0.495 e. The van der Waals surface area contributed by atoms with Gasteiger partial charge in [0.05, 0.1) is 29.2 Å². The lowest BCUT2D eigenvalue weighted by Crippen LogP contribution is -2.52. The Balaban J connectivity index is 2.09. The third kappa shape index (κ3) is 6.39. The van der Waals surface area contributed by atoms with E-state index in [1.807, 2.05) is 4.90 Å². The SMILES string of the molecule is COc1cc(N2CCN(C(=O)CN(N)/C(C)=C(/Cl)C(C)C(F)(F)F)CC2)c(C(O)C#N)cc1Cl. The van der Waals surface area contributed by atoms with Crippen LogP contribution in [-0.2, 0) is 4.79 Å². The molecule has 1 heterocycles. The lowest BCUT2D eigenvalue weighted by molar-refractivity contribution is -0.157. The number of anilines is 1. The van der Waals surface area contributed by atoms with Gasteiger partial charge in [0, 0.05) is 49.2 Å². The number of amides is 1. The van der Waals surface area contributed by atoms with Gasteiger partial charge in [-0.2, -0.15) is 18.4 Å². The van der Waals surface area contributed by atoms with Crippen molar-refractivity contribution in [1.29, 1.82) is 5.26 Å². The van der Waals surface area contributed by atoms with Crippen molar-refractivity contribution in [3.05, 3.63) is 33.4 Å². The number of methoxy groups -OCH3 is 1. The van der Waals surface area contributed by atoms with E-state index in [1.165, 1.54) is 25.0 Å². The number of hydrogen-bond acceptors (Lipinski definition) is 7. The average molecular weight is 524 g/mol. The molecule has 1 aromatic rings. The number of hydrogen-bond donors (Lipinski definition) is 2. The first-order chi connectivity index (χ1) is 15.8. The quantitative estimate of drug-likeness (QED) is 0.320. The highest BCUT2D eigenvalue weighted by atomic mass is 35.5. The second-order valence-electron chi connectivity index (χ2n) is 7.77. The summed E-state index contributed by atoms with van der Waals surface area (Å²) in [7, 11) is 1.44. The van der Waals surface area contributed by atoms with Gasteiger partial charge in [0.25, 0.3) is 0 Å². The zero-order valence-electron chi connectivity index (χ0n) is 18.9. The smallest absolute Gasteiger partial charge is 0.396 e. The normalized spacial score (nSPS) is 17.0. The molecule has 0 aliphatic carbocycles. The molecule has 1 aliphatic heterocycles. The molecule has 0 spiro atoms. The van der Waals surface area contributed by atoms with Crippen LogP contribution in [0, 0.1) is 17.2 Å². The van der Waals surface area contributed by atoms with Gasteiger partial charge in [-0.1, -0.05) is 23.2 Å². The summed E-state index contributed by atoms with van der Waals surface area (Å²) in [6, 6.07) is 4.86. The van der Waals surface area contributed by atoms with Crippen molar-refractivity contribution in [3.8, 4) is 11.8 Å². The molecule has 0 bridgehead atoms. The molecule has 34 heavy (non-hydrogen) atoms. The molecule has 1 aliphatic rings. The van der Waals surface area contributed by atoms with Crippen molar-refractivity contribution in [3.63, 3.8) is 0 Å². The Hall–Kier alpha value is -2.39. The maximum atomic E-state index is 12.9. The molecule has 2 unspecified atom stereocenters. The number of alkyl halides is 3. The molecule has 1 fully saturated rings. The van der Waals surface area contributed by atoms with Gasteiger partial charge < -0.3 is 24.7 Å². The van der Waals surface area contributed by atoms with E-state index in [0.29, 0.717) is 30.1 Å². The summed E-state index contributed by atoms with van der Waals surface area (Å²) < 4.78 is 44.0. The summed E-state index contributed by atoms with van der Waals surface area (Å²) in [5.41, 5.74) is 0.826. The number of rotatable bonds is 7. The third-order valence-corrected chi connectivity index (χ3v) is 6.54. The Labute approximate surface area is 205 Å². The highest BCUT2D eigenvalue weighted by Crippen LogP contribution is 2.37. The number of aliphatic hydroxyl groups excluding tert-OH is 1. The molecule has 2 rings (SSSR count). The predicted molar refractivity (Wildman–Crippen MR) is 122 cm³/mol. The molecule has 1 amide bonds. The van der Waals surface area contributed by atoms with Gasteiger partial charge in [-0.05, 0) is 19.9 Å². The second-order valence-corrected chi connectivity index (χ2v) is 8.58. The van der Waals surface area contributed by atoms with Crippen LogP contribution in [0.5, 0.6) is 5.75 Å². The number of piperazine rings is 1. The van der Waals surface area contributed by atoms with E-state index >= 15 is 0 Å². The number of hydrazine groups is 1. The summed E-state index contributed by atoms with van der Waals surface area (Å²) in [5, 5.41) is 19.9. The number of nitrogens with zero attached hydrogens (tertiary/aromatic N) is 4. The third-order valence-electron chi connectivity index (χ3n) is 5.64. The zero-order chi connectivity index (χ0) is 25.8. The van der Waals surface area contributed by atoms with Gasteiger partial charge in [-0.15, -0.1) is 0 Å². The molecule has 0 radical (unpaired) electrons. The molecule has 13 heteroatoms. The summed E-state index contributed by atoms with van der Waals surface area (Å²) in [5.74, 6) is 3.90. The Morgan fingerprint density at radius 3 is 2.44 bits per heavy atom. The first-order valence-corrected chi connectivity index (χ1v) is 11.0. The molecule has 0 saturated carbocycles. The molecular weight excluding hydrogens is 498 g/mol. The van der Waals surface area contributed by atoms with Crippen molar-refractivity contribution in [2.75, 3.05) is 44.7 Å². The van der Waals surface area contributed by atoms with Crippen LogP contribution in [0.1, 0.15) is 25.5 Å². The monoisotopic (exact) mass is 523 g/mol. The maximum absolute atomic E-state index is 12.9. The van der Waals surface area contributed by atoms with Crippen LogP contribution in [0.2, 0.25) is 5.02 Å². The summed E-state index contributed by atoms with van der Waals surface area (Å²) in [6.07, 6.45) is -5.93. The first kappa shape index (κ1) is 27.9. The van der Waals surface area contributed by atoms with E-state index in [1.54, 1.807) is 12.1 Å². The van der Waals surface area contributed by atoms with Crippen LogP contribution in [0.4, 0.5) is 18.9 Å². The number of aliphatic hydroxyl groups is 1. The topological polar surface area (TPSA) is 106 Å². The van der Waals surface area contributed by atoms with Gasteiger partial charge in [-0.25, -0.2) is 5.84 Å². The number of benzene rings is 1. The van der Waals surface area contributed by atoms with Crippen molar-refractivity contribution < 1.29 is 27.8 Å². The van der Waals surface area contributed by atoms with Crippen molar-refractivity contribution in [2.45, 2.75) is 26.1 Å². The number of carbonyl (C=O) groups excluding carboxylic acids is 1. The molecule has 1 aromatic carbocycles. The zero-order valence-corrected chi connectivity index (χ0v) is 20.4. The Kier molecular flexibility index (Phi) is 9.30. The van der Waals surface area contributed by atoms with E-state index in [-0.39, 0.29) is 36.3 Å². The molecule has 188 valence electrons. The van der Waals surface area contributed by atoms with Gasteiger partial charge in [0.1, 0.15) is 12.3 Å². The van der Waals surface area contributed by atoms with Crippen LogP contribution in [0.25, 0.3) is 0 Å². The summed E-state index contributed by atoms with van der Waals surface area (Å²) in [6.45, 7) is 3.21. The molecular formula is C21H26Cl2F3N5O3. The largest absolute Gasteiger partial charge is 0.495 e. The van der Waals surface area contributed by atoms with E-state index < -0.39 is 23.2 Å². The van der Waals surface area contributed by atoms with Gasteiger partial charge >= 0.3 is 6.18 Å². The molecule has 8 nitrogen and oxygen atoms in total. The minimum atomic E-state index is -4.53. The van der Waals surface area contributed by atoms with Crippen LogP contribution < -0.4 is 15.5 Å². The average Bonchev–Trinajstić information content (AvgIpc) is 2.81. The lowest BCUT2D eigenvalue weighted by atomic mass is 10.1. The molecule has 1 saturated heterocycles. The Morgan fingerprint density at radius 2 is 1.94 bits per heavy atom. The standard InChI is InChI=1S/C21H26Cl2F3N5O3/c1-12(21(24,25)26)20(23)13(2)31(28)11-19(33)30-6-4-29(5-7-30)16-9-18(34-3)15(22)8-14(16)17(32)10-27/h8-9,12,17,32H,4-7,11,28H2,1-3H3/b20-13+. The number of ether oxygens (including phenoxy) is 1. The predicted octanol–water partition coefficient (Wildman–Crippen LogP) is 3.40. The minimum absolute atomic E-state index is 0.0399. The summed E-state index contributed by atoms with van der Waals surface area (Å²) in [4.78, 5) is 16.1. The number of nitrogens with two attached hydrogens (primary N) is 1. The van der Waals surface area contributed by atoms with Gasteiger partial charge in [0.15, 0.2) is 6.10 Å². The van der Waals surface area contributed by atoms with Crippen LogP contribution >= 0.6 is 23.2 Å². The highest BCUT2D eigenvalue weighted by Gasteiger charge is 2.39. The number of carbonyl (C=O) groups is 1. The van der Waals surface area contributed by atoms with E-state index in [9.17, 15) is 23.1 Å². The van der Waals surface area contributed by atoms with Gasteiger partial charge in [0.2, 0.25) is 5.91 Å².